The molecule has 2 aromatic rings. The van der Waals surface area contributed by atoms with Crippen molar-refractivity contribution < 1.29 is 0 Å². The van der Waals surface area contributed by atoms with E-state index in [1.54, 1.807) is 0 Å². The van der Waals surface area contributed by atoms with Crippen molar-refractivity contribution in [3.63, 3.8) is 0 Å². The predicted molar refractivity (Wildman–Crippen MR) is 67.8 cm³/mol. The van der Waals surface area contributed by atoms with Gasteiger partial charge in [0.05, 0.1) is 12.2 Å². The van der Waals surface area contributed by atoms with Crippen LogP contribution in [0.5, 0.6) is 0 Å². The van der Waals surface area contributed by atoms with Crippen molar-refractivity contribution in [3.8, 4) is 0 Å². The van der Waals surface area contributed by atoms with E-state index < -0.39 is 0 Å². The summed E-state index contributed by atoms with van der Waals surface area (Å²) >= 11 is 0. The van der Waals surface area contributed by atoms with E-state index in [0.717, 1.165) is 18.8 Å². The lowest BCUT2D eigenvalue weighted by atomic mass is 10.1. The second-order valence-corrected chi connectivity index (χ2v) is 3.89. The van der Waals surface area contributed by atoms with E-state index in [4.69, 9.17) is 5.73 Å². The molecule has 1 heterocycles. The minimum Gasteiger partial charge on any atom is -0.370 e. The van der Waals surface area contributed by atoms with Gasteiger partial charge in [-0.3, -0.25) is 4.99 Å². The third-order valence-electron chi connectivity index (χ3n) is 2.93. The van der Waals surface area contributed by atoms with Crippen molar-refractivity contribution in [1.29, 1.82) is 0 Å². The van der Waals surface area contributed by atoms with Crippen LogP contribution in [0.25, 0.3) is 10.8 Å². The summed E-state index contributed by atoms with van der Waals surface area (Å²) < 4.78 is 0. The van der Waals surface area contributed by atoms with Crippen LogP contribution in [0, 0.1) is 0 Å². The van der Waals surface area contributed by atoms with Gasteiger partial charge in [0.2, 0.25) is 0 Å². The predicted octanol–water partition coefficient (Wildman–Crippen LogP) is 1.97. The summed E-state index contributed by atoms with van der Waals surface area (Å²) in [6.07, 6.45) is 0. The zero-order chi connectivity index (χ0) is 11.0. The standard InChI is InChI=1S/C13H13N3/c14-13-15-8-9-16(13)12-7-3-5-10-4-1-2-6-11(10)12/h1-7H,8-9H2,(H2,14,15). The van der Waals surface area contributed by atoms with Gasteiger partial charge in [-0.1, -0.05) is 36.4 Å². The molecule has 1 aliphatic heterocycles. The summed E-state index contributed by atoms with van der Waals surface area (Å²) in [7, 11) is 0. The lowest BCUT2D eigenvalue weighted by Gasteiger charge is -2.19. The zero-order valence-electron chi connectivity index (χ0n) is 8.93. The first-order chi connectivity index (χ1) is 7.86. The fourth-order valence-corrected chi connectivity index (χ4v) is 2.15. The highest BCUT2D eigenvalue weighted by atomic mass is 15.3. The molecule has 0 radical (unpaired) electrons. The van der Waals surface area contributed by atoms with Crippen molar-refractivity contribution in [3.05, 3.63) is 42.5 Å². The normalized spacial score (nSPS) is 15.5. The number of nitrogens with zero attached hydrogens (tertiary/aromatic N) is 2. The summed E-state index contributed by atoms with van der Waals surface area (Å²) in [6.45, 7) is 1.66. The number of hydrogen-bond acceptors (Lipinski definition) is 3. The largest absolute Gasteiger partial charge is 0.370 e. The molecule has 2 N–H and O–H groups in total. The number of rotatable bonds is 1. The van der Waals surface area contributed by atoms with Crippen LogP contribution in [0.1, 0.15) is 0 Å². The Hall–Kier alpha value is -2.03. The second kappa shape index (κ2) is 3.52. The molecule has 0 bridgehead atoms. The Balaban J connectivity index is 2.20. The number of nitrogens with two attached hydrogens (primary N) is 1. The highest BCUT2D eigenvalue weighted by molar-refractivity contribution is 6.05. The maximum absolute atomic E-state index is 5.88. The molecule has 3 heteroatoms. The molecule has 16 heavy (non-hydrogen) atoms. The molecule has 0 atom stereocenters. The molecule has 3 rings (SSSR count). The minimum atomic E-state index is 0.622. The summed E-state index contributed by atoms with van der Waals surface area (Å²) in [5.41, 5.74) is 7.03. The van der Waals surface area contributed by atoms with Gasteiger partial charge in [-0.25, -0.2) is 0 Å². The van der Waals surface area contributed by atoms with Crippen molar-refractivity contribution in [2.75, 3.05) is 18.0 Å². The maximum Gasteiger partial charge on any atom is 0.195 e. The third-order valence-corrected chi connectivity index (χ3v) is 2.93. The smallest absolute Gasteiger partial charge is 0.195 e. The number of anilines is 1. The van der Waals surface area contributed by atoms with Gasteiger partial charge in [-0.05, 0) is 11.5 Å². The zero-order valence-corrected chi connectivity index (χ0v) is 8.93. The van der Waals surface area contributed by atoms with E-state index in [1.165, 1.54) is 10.8 Å². The molecule has 3 nitrogen and oxygen atoms in total. The van der Waals surface area contributed by atoms with Gasteiger partial charge in [0, 0.05) is 11.9 Å². The summed E-state index contributed by atoms with van der Waals surface area (Å²) in [5, 5.41) is 2.46. The molecule has 0 saturated heterocycles. The van der Waals surface area contributed by atoms with E-state index in [2.05, 4.69) is 46.3 Å². The molecule has 1 aliphatic rings. The molecular weight excluding hydrogens is 198 g/mol. The molecule has 0 aromatic heterocycles. The molecule has 0 aliphatic carbocycles. The molecule has 0 fully saturated rings. The fraction of sp³-hybridized carbons (Fsp3) is 0.154. The summed E-state index contributed by atoms with van der Waals surface area (Å²) in [6, 6.07) is 14.6. The Bertz CT molecular complexity index is 555. The Labute approximate surface area is 94.2 Å². The van der Waals surface area contributed by atoms with Crippen LogP contribution in [0.3, 0.4) is 0 Å². The number of aliphatic imine (C=N–C) groups is 1. The molecule has 2 aromatic carbocycles. The van der Waals surface area contributed by atoms with Crippen molar-refractivity contribution in [2.45, 2.75) is 0 Å². The van der Waals surface area contributed by atoms with Crippen LogP contribution in [0.2, 0.25) is 0 Å². The molecule has 0 unspecified atom stereocenters. The van der Waals surface area contributed by atoms with Gasteiger partial charge in [0.15, 0.2) is 5.96 Å². The van der Waals surface area contributed by atoms with Crippen molar-refractivity contribution >= 4 is 22.4 Å². The quantitative estimate of drug-likeness (QED) is 0.783. The van der Waals surface area contributed by atoms with Crippen LogP contribution in [0.15, 0.2) is 47.5 Å². The molecule has 0 spiro atoms. The first-order valence-corrected chi connectivity index (χ1v) is 5.41. The second-order valence-electron chi connectivity index (χ2n) is 3.89. The number of hydrogen-bond donors (Lipinski definition) is 1. The first kappa shape index (κ1) is 9.21. The minimum absolute atomic E-state index is 0.622. The highest BCUT2D eigenvalue weighted by Gasteiger charge is 2.17. The fourth-order valence-electron chi connectivity index (χ4n) is 2.15. The van der Waals surface area contributed by atoms with Gasteiger partial charge in [0.1, 0.15) is 0 Å². The average molecular weight is 211 g/mol. The summed E-state index contributed by atoms with van der Waals surface area (Å²) in [5.74, 6) is 0.622. The topological polar surface area (TPSA) is 41.6 Å². The maximum atomic E-state index is 5.88. The highest BCUT2D eigenvalue weighted by Crippen LogP contribution is 2.27. The third kappa shape index (κ3) is 1.33. The Morgan fingerprint density at radius 1 is 1.06 bits per heavy atom. The van der Waals surface area contributed by atoms with Crippen LogP contribution in [-0.4, -0.2) is 19.0 Å². The Morgan fingerprint density at radius 3 is 2.69 bits per heavy atom. The van der Waals surface area contributed by atoms with Crippen LogP contribution >= 0.6 is 0 Å². The molecular formula is C13H13N3. The van der Waals surface area contributed by atoms with Gasteiger partial charge in [0.25, 0.3) is 0 Å². The van der Waals surface area contributed by atoms with E-state index in [-0.39, 0.29) is 0 Å². The number of guanidine groups is 1. The molecule has 80 valence electrons. The SMILES string of the molecule is NC1=NCCN1c1cccc2ccccc12. The van der Waals surface area contributed by atoms with E-state index >= 15 is 0 Å². The Morgan fingerprint density at radius 2 is 1.88 bits per heavy atom. The van der Waals surface area contributed by atoms with Gasteiger partial charge in [-0.2, -0.15) is 0 Å². The lowest BCUT2D eigenvalue weighted by Crippen LogP contribution is -2.33. The average Bonchev–Trinajstić information content (AvgIpc) is 2.75. The van der Waals surface area contributed by atoms with Crippen LogP contribution in [-0.2, 0) is 0 Å². The van der Waals surface area contributed by atoms with E-state index in [9.17, 15) is 0 Å². The van der Waals surface area contributed by atoms with Crippen LogP contribution in [0.4, 0.5) is 5.69 Å². The van der Waals surface area contributed by atoms with Gasteiger partial charge < -0.3 is 10.6 Å². The van der Waals surface area contributed by atoms with E-state index in [1.807, 2.05) is 6.07 Å². The van der Waals surface area contributed by atoms with Crippen molar-refractivity contribution in [1.82, 2.24) is 0 Å². The first-order valence-electron chi connectivity index (χ1n) is 5.41. The summed E-state index contributed by atoms with van der Waals surface area (Å²) in [4.78, 5) is 6.29. The lowest BCUT2D eigenvalue weighted by molar-refractivity contribution is 1.02. The van der Waals surface area contributed by atoms with E-state index in [0.29, 0.717) is 5.96 Å². The number of benzene rings is 2. The van der Waals surface area contributed by atoms with Crippen LogP contribution < -0.4 is 10.6 Å². The molecule has 0 amide bonds. The van der Waals surface area contributed by atoms with Gasteiger partial charge >= 0.3 is 0 Å². The van der Waals surface area contributed by atoms with Gasteiger partial charge in [-0.15, -0.1) is 0 Å². The monoisotopic (exact) mass is 211 g/mol. The van der Waals surface area contributed by atoms with Crippen molar-refractivity contribution in [2.24, 2.45) is 10.7 Å². The molecule has 0 saturated carbocycles. The number of fused-ring (bicyclic) bond motifs is 1. The Kier molecular flexibility index (Phi) is 2.03.